The van der Waals surface area contributed by atoms with Gasteiger partial charge in [-0.1, -0.05) is 24.3 Å². The third-order valence-electron chi connectivity index (χ3n) is 3.54. The number of ether oxygens (including phenoxy) is 1. The average Bonchev–Trinajstić information content (AvgIpc) is 3.09. The summed E-state index contributed by atoms with van der Waals surface area (Å²) in [6, 6.07) is 13.4. The molecule has 0 saturated carbocycles. The van der Waals surface area contributed by atoms with Crippen LogP contribution >= 0.6 is 0 Å². The van der Waals surface area contributed by atoms with Gasteiger partial charge in [0.1, 0.15) is 0 Å². The van der Waals surface area contributed by atoms with Crippen molar-refractivity contribution in [1.29, 1.82) is 0 Å². The van der Waals surface area contributed by atoms with Crippen molar-refractivity contribution in [2.24, 2.45) is 0 Å². The van der Waals surface area contributed by atoms with Crippen molar-refractivity contribution in [2.75, 3.05) is 0 Å². The van der Waals surface area contributed by atoms with E-state index in [4.69, 9.17) is 9.15 Å². The number of aromatic nitrogens is 2. The summed E-state index contributed by atoms with van der Waals surface area (Å²) in [4.78, 5) is 22.5. The predicted octanol–water partition coefficient (Wildman–Crippen LogP) is 3.31. The topological polar surface area (TPSA) is 108 Å². The van der Waals surface area contributed by atoms with Crippen LogP contribution < -0.4 is 0 Å². The molecule has 8 heteroatoms. The smallest absolute Gasteiger partial charge is 0.339 e. The van der Waals surface area contributed by atoms with E-state index < -0.39 is 10.9 Å². The molecule has 0 spiro atoms. The minimum Gasteiger partial charge on any atom is -0.452 e. The highest BCUT2D eigenvalue weighted by Gasteiger charge is 2.19. The second-order valence-corrected chi connectivity index (χ2v) is 5.15. The van der Waals surface area contributed by atoms with Gasteiger partial charge in [-0.15, -0.1) is 10.2 Å². The minimum absolute atomic E-state index is 0.122. The Morgan fingerprint density at radius 1 is 1.16 bits per heavy atom. The van der Waals surface area contributed by atoms with E-state index >= 15 is 0 Å². The van der Waals surface area contributed by atoms with Crippen LogP contribution in [0, 0.1) is 17.0 Å². The van der Waals surface area contributed by atoms with E-state index in [0.29, 0.717) is 5.89 Å². The molecule has 0 N–H and O–H groups in total. The van der Waals surface area contributed by atoms with Crippen LogP contribution in [0.3, 0.4) is 0 Å². The Labute approximate surface area is 142 Å². The van der Waals surface area contributed by atoms with Gasteiger partial charge in [0.2, 0.25) is 5.89 Å². The fourth-order valence-corrected chi connectivity index (χ4v) is 2.26. The molecule has 3 aromatic rings. The molecule has 0 amide bonds. The van der Waals surface area contributed by atoms with Gasteiger partial charge in [-0.05, 0) is 25.1 Å². The lowest BCUT2D eigenvalue weighted by atomic mass is 10.1. The van der Waals surface area contributed by atoms with Gasteiger partial charge in [-0.3, -0.25) is 10.1 Å². The van der Waals surface area contributed by atoms with Gasteiger partial charge in [0.25, 0.3) is 11.6 Å². The molecule has 0 radical (unpaired) electrons. The summed E-state index contributed by atoms with van der Waals surface area (Å²) in [6.45, 7) is 1.27. The number of carbonyl (C=O) groups excluding carboxylic acids is 1. The summed E-state index contributed by atoms with van der Waals surface area (Å²) in [5.74, 6) is -0.242. The van der Waals surface area contributed by atoms with Crippen molar-refractivity contribution in [2.45, 2.75) is 13.5 Å². The molecular formula is C17H13N3O5. The third-order valence-corrected chi connectivity index (χ3v) is 3.54. The molecule has 0 aliphatic rings. The summed E-state index contributed by atoms with van der Waals surface area (Å²) in [7, 11) is 0. The third kappa shape index (κ3) is 3.52. The van der Waals surface area contributed by atoms with E-state index in [2.05, 4.69) is 10.2 Å². The molecule has 3 rings (SSSR count). The molecule has 0 fully saturated rings. The van der Waals surface area contributed by atoms with E-state index in [1.165, 1.54) is 25.1 Å². The predicted molar refractivity (Wildman–Crippen MR) is 86.7 cm³/mol. The molecule has 0 unspecified atom stereocenters. The van der Waals surface area contributed by atoms with Crippen molar-refractivity contribution in [3.63, 3.8) is 0 Å². The highest BCUT2D eigenvalue weighted by molar-refractivity contribution is 5.92. The van der Waals surface area contributed by atoms with E-state index in [1.807, 2.05) is 30.3 Å². The Bertz CT molecular complexity index is 921. The maximum atomic E-state index is 12.2. The van der Waals surface area contributed by atoms with Crippen molar-refractivity contribution < 1.29 is 18.9 Å². The molecule has 126 valence electrons. The van der Waals surface area contributed by atoms with Gasteiger partial charge in [-0.25, -0.2) is 4.79 Å². The highest BCUT2D eigenvalue weighted by Crippen LogP contribution is 2.22. The second kappa shape index (κ2) is 6.91. The number of hydrogen-bond donors (Lipinski definition) is 0. The van der Waals surface area contributed by atoms with Crippen LogP contribution in [-0.4, -0.2) is 21.1 Å². The van der Waals surface area contributed by atoms with Gasteiger partial charge in [0, 0.05) is 17.2 Å². The zero-order valence-corrected chi connectivity index (χ0v) is 13.2. The van der Waals surface area contributed by atoms with Gasteiger partial charge in [0.05, 0.1) is 10.5 Å². The maximum Gasteiger partial charge on any atom is 0.339 e. The van der Waals surface area contributed by atoms with Crippen LogP contribution in [0.5, 0.6) is 0 Å². The first-order chi connectivity index (χ1) is 12.1. The van der Waals surface area contributed by atoms with Gasteiger partial charge in [0.15, 0.2) is 6.61 Å². The average molecular weight is 339 g/mol. The molecule has 0 atom stereocenters. The minimum atomic E-state index is -0.694. The summed E-state index contributed by atoms with van der Waals surface area (Å²) >= 11 is 0. The number of esters is 1. The molecule has 0 saturated heterocycles. The number of nitro benzene ring substituents is 1. The van der Waals surface area contributed by atoms with Crippen molar-refractivity contribution in [3.05, 3.63) is 75.7 Å². The Hall–Kier alpha value is -3.55. The molecular weight excluding hydrogens is 326 g/mol. The highest BCUT2D eigenvalue weighted by atomic mass is 16.6. The molecule has 0 aliphatic carbocycles. The van der Waals surface area contributed by atoms with Crippen molar-refractivity contribution in [1.82, 2.24) is 10.2 Å². The molecule has 2 aromatic carbocycles. The number of nitro groups is 1. The Morgan fingerprint density at radius 2 is 1.92 bits per heavy atom. The van der Waals surface area contributed by atoms with E-state index in [9.17, 15) is 14.9 Å². The summed E-state index contributed by atoms with van der Waals surface area (Å²) in [6.07, 6.45) is 0. The summed E-state index contributed by atoms with van der Waals surface area (Å²) in [5, 5.41) is 18.7. The normalized spacial score (nSPS) is 10.4. The van der Waals surface area contributed by atoms with Crippen LogP contribution in [-0.2, 0) is 11.3 Å². The van der Waals surface area contributed by atoms with Crippen LogP contribution in [0.15, 0.2) is 52.9 Å². The van der Waals surface area contributed by atoms with E-state index in [1.54, 1.807) is 0 Å². The maximum absolute atomic E-state index is 12.2. The monoisotopic (exact) mass is 339 g/mol. The first-order valence-corrected chi connectivity index (χ1v) is 7.35. The number of benzene rings is 2. The molecule has 1 aromatic heterocycles. The van der Waals surface area contributed by atoms with Gasteiger partial charge in [-0.2, -0.15) is 0 Å². The number of rotatable bonds is 5. The van der Waals surface area contributed by atoms with Crippen LogP contribution in [0.4, 0.5) is 5.69 Å². The quantitative estimate of drug-likeness (QED) is 0.398. The van der Waals surface area contributed by atoms with E-state index in [-0.39, 0.29) is 29.3 Å². The fourth-order valence-electron chi connectivity index (χ4n) is 2.26. The first-order valence-electron chi connectivity index (χ1n) is 7.35. The first kappa shape index (κ1) is 16.3. The SMILES string of the molecule is Cc1c(C(=O)OCc2nnc(-c3ccccc3)o2)cccc1[N+](=O)[O-]. The lowest BCUT2D eigenvalue weighted by Gasteiger charge is -2.05. The van der Waals surface area contributed by atoms with Crippen LogP contribution in [0.1, 0.15) is 21.8 Å². The molecule has 1 heterocycles. The molecule has 8 nitrogen and oxygen atoms in total. The number of nitrogens with zero attached hydrogens (tertiary/aromatic N) is 3. The summed E-state index contributed by atoms with van der Waals surface area (Å²) in [5.41, 5.74) is 0.978. The number of hydrogen-bond acceptors (Lipinski definition) is 7. The molecule has 25 heavy (non-hydrogen) atoms. The second-order valence-electron chi connectivity index (χ2n) is 5.15. The van der Waals surface area contributed by atoms with Gasteiger partial charge >= 0.3 is 5.97 Å². The molecule has 0 aliphatic heterocycles. The largest absolute Gasteiger partial charge is 0.452 e. The lowest BCUT2D eigenvalue weighted by Crippen LogP contribution is -2.08. The Kier molecular flexibility index (Phi) is 4.51. The summed E-state index contributed by atoms with van der Waals surface area (Å²) < 4.78 is 10.6. The van der Waals surface area contributed by atoms with Crippen molar-refractivity contribution in [3.8, 4) is 11.5 Å². The number of carbonyl (C=O) groups is 1. The Morgan fingerprint density at radius 3 is 2.64 bits per heavy atom. The molecule has 0 bridgehead atoms. The van der Waals surface area contributed by atoms with Crippen molar-refractivity contribution >= 4 is 11.7 Å². The van der Waals surface area contributed by atoms with Crippen LogP contribution in [0.2, 0.25) is 0 Å². The fraction of sp³-hybridized carbons (Fsp3) is 0.118. The van der Waals surface area contributed by atoms with Gasteiger partial charge < -0.3 is 9.15 Å². The van der Waals surface area contributed by atoms with E-state index in [0.717, 1.165) is 5.56 Å². The Balaban J connectivity index is 1.70. The zero-order chi connectivity index (χ0) is 17.8. The zero-order valence-electron chi connectivity index (χ0n) is 13.2. The lowest BCUT2D eigenvalue weighted by molar-refractivity contribution is -0.385. The van der Waals surface area contributed by atoms with Crippen LogP contribution in [0.25, 0.3) is 11.5 Å². The standard InChI is InChI=1S/C17H13N3O5/c1-11-13(8-5-9-14(11)20(22)23)17(21)24-10-15-18-19-16(25-15)12-6-3-2-4-7-12/h2-9H,10H2,1H3.